The summed E-state index contributed by atoms with van der Waals surface area (Å²) in [7, 11) is 0. The van der Waals surface area contributed by atoms with Crippen molar-refractivity contribution < 1.29 is 9.13 Å². The van der Waals surface area contributed by atoms with Gasteiger partial charge in [-0.05, 0) is 61.0 Å². The maximum absolute atomic E-state index is 13.3. The molecule has 1 saturated heterocycles. The van der Waals surface area contributed by atoms with Crippen LogP contribution >= 0.6 is 23.8 Å². The molecule has 0 spiro atoms. The van der Waals surface area contributed by atoms with Crippen molar-refractivity contribution in [3.8, 4) is 0 Å². The zero-order valence-electron chi connectivity index (χ0n) is 16.7. The average Bonchev–Trinajstić information content (AvgIpc) is 2.72. The largest absolute Gasteiger partial charge is 0.379 e. The second-order valence-electron chi connectivity index (χ2n) is 7.27. The van der Waals surface area contributed by atoms with Crippen LogP contribution in [0.5, 0.6) is 0 Å². The van der Waals surface area contributed by atoms with E-state index < -0.39 is 0 Å². The van der Waals surface area contributed by atoms with Gasteiger partial charge in [-0.3, -0.25) is 4.90 Å². The molecular weight excluding hydrogens is 409 g/mol. The molecule has 2 aromatic rings. The predicted octanol–water partition coefficient (Wildman–Crippen LogP) is 4.71. The maximum Gasteiger partial charge on any atom is 0.173 e. The van der Waals surface area contributed by atoms with E-state index in [0.717, 1.165) is 62.6 Å². The molecule has 0 aliphatic carbocycles. The molecule has 156 valence electrons. The van der Waals surface area contributed by atoms with E-state index in [2.05, 4.69) is 15.1 Å². The Hall–Kier alpha value is -1.73. The second kappa shape index (κ2) is 10.9. The molecule has 0 aromatic heterocycles. The number of halogens is 2. The molecule has 0 radical (unpaired) electrons. The Morgan fingerprint density at radius 1 is 1.21 bits per heavy atom. The first kappa shape index (κ1) is 22.0. The summed E-state index contributed by atoms with van der Waals surface area (Å²) in [5.41, 5.74) is 2.92. The fraction of sp³-hybridized carbons (Fsp3) is 0.409. The van der Waals surface area contributed by atoms with Gasteiger partial charge in [0.2, 0.25) is 0 Å². The lowest BCUT2D eigenvalue weighted by atomic mass is 10.2. The van der Waals surface area contributed by atoms with E-state index in [1.807, 2.05) is 25.1 Å². The molecule has 1 aliphatic rings. The Bertz CT molecular complexity index is 812. The summed E-state index contributed by atoms with van der Waals surface area (Å²) in [5.74, 6) is -0.236. The number of nitrogens with zero attached hydrogens (tertiary/aromatic N) is 2. The van der Waals surface area contributed by atoms with Crippen molar-refractivity contribution in [1.82, 2.24) is 9.80 Å². The third kappa shape index (κ3) is 6.93. The molecule has 3 rings (SSSR count). The summed E-state index contributed by atoms with van der Waals surface area (Å²) in [4.78, 5) is 4.52. The highest BCUT2D eigenvalue weighted by Crippen LogP contribution is 2.23. The van der Waals surface area contributed by atoms with Gasteiger partial charge in [0.25, 0.3) is 0 Å². The van der Waals surface area contributed by atoms with Gasteiger partial charge in [-0.25, -0.2) is 4.39 Å². The monoisotopic (exact) mass is 435 g/mol. The van der Waals surface area contributed by atoms with Crippen molar-refractivity contribution in [2.75, 3.05) is 44.7 Å². The Balaban J connectivity index is 1.65. The first-order valence-corrected chi connectivity index (χ1v) is 10.7. The molecule has 4 nitrogen and oxygen atoms in total. The Morgan fingerprint density at radius 3 is 2.66 bits per heavy atom. The summed E-state index contributed by atoms with van der Waals surface area (Å²) in [5, 5.41) is 4.54. The number of anilines is 1. The van der Waals surface area contributed by atoms with E-state index in [9.17, 15) is 4.39 Å². The molecule has 0 bridgehead atoms. The highest BCUT2D eigenvalue weighted by Gasteiger charge is 2.15. The lowest BCUT2D eigenvalue weighted by molar-refractivity contribution is 0.0368. The van der Waals surface area contributed by atoms with Crippen LogP contribution in [0.1, 0.15) is 17.5 Å². The first-order valence-electron chi connectivity index (χ1n) is 9.88. The Labute approximate surface area is 182 Å². The topological polar surface area (TPSA) is 27.7 Å². The van der Waals surface area contributed by atoms with Gasteiger partial charge in [0.15, 0.2) is 5.11 Å². The fourth-order valence-electron chi connectivity index (χ4n) is 3.30. The van der Waals surface area contributed by atoms with Crippen LogP contribution in [-0.2, 0) is 11.3 Å². The minimum atomic E-state index is -0.236. The van der Waals surface area contributed by atoms with Gasteiger partial charge in [0.05, 0.1) is 23.9 Å². The standard InChI is InChI=1S/C22H27ClFN3OS/c1-17-3-8-20(23)21(15-17)25-22(29)27(16-18-4-6-19(24)7-5-18)10-2-9-26-11-13-28-14-12-26/h3-8,15H,2,9-14,16H2,1H3,(H,25,29). The van der Waals surface area contributed by atoms with E-state index in [0.29, 0.717) is 16.7 Å². The van der Waals surface area contributed by atoms with Crippen LogP contribution in [0.25, 0.3) is 0 Å². The number of hydrogen-bond acceptors (Lipinski definition) is 3. The molecular formula is C22H27ClFN3OS. The number of ether oxygens (including phenoxy) is 1. The van der Waals surface area contributed by atoms with Gasteiger partial charge in [-0.15, -0.1) is 0 Å². The summed E-state index contributed by atoms with van der Waals surface area (Å²) in [6.45, 7) is 7.96. The highest BCUT2D eigenvalue weighted by molar-refractivity contribution is 7.80. The molecule has 7 heteroatoms. The van der Waals surface area contributed by atoms with Crippen molar-refractivity contribution in [2.45, 2.75) is 19.9 Å². The smallest absolute Gasteiger partial charge is 0.173 e. The van der Waals surface area contributed by atoms with E-state index in [4.69, 9.17) is 28.6 Å². The minimum Gasteiger partial charge on any atom is -0.379 e. The zero-order chi connectivity index (χ0) is 20.6. The van der Waals surface area contributed by atoms with Crippen molar-refractivity contribution in [3.63, 3.8) is 0 Å². The molecule has 1 aliphatic heterocycles. The molecule has 1 N–H and O–H groups in total. The van der Waals surface area contributed by atoms with Gasteiger partial charge < -0.3 is 15.0 Å². The second-order valence-corrected chi connectivity index (χ2v) is 8.06. The third-order valence-electron chi connectivity index (χ3n) is 4.94. The molecule has 0 saturated carbocycles. The predicted molar refractivity (Wildman–Crippen MR) is 121 cm³/mol. The summed E-state index contributed by atoms with van der Waals surface area (Å²) in [6.07, 6.45) is 0.977. The molecule has 29 heavy (non-hydrogen) atoms. The van der Waals surface area contributed by atoms with Crippen LogP contribution < -0.4 is 5.32 Å². The van der Waals surface area contributed by atoms with Gasteiger partial charge in [-0.2, -0.15) is 0 Å². The molecule has 0 amide bonds. The lowest BCUT2D eigenvalue weighted by Gasteiger charge is -2.30. The van der Waals surface area contributed by atoms with Crippen LogP contribution in [-0.4, -0.2) is 54.3 Å². The quantitative estimate of drug-likeness (QED) is 0.636. The van der Waals surface area contributed by atoms with Crippen molar-refractivity contribution in [3.05, 3.63) is 64.4 Å². The van der Waals surface area contributed by atoms with Gasteiger partial charge in [-0.1, -0.05) is 29.8 Å². The SMILES string of the molecule is Cc1ccc(Cl)c(NC(=S)N(CCCN2CCOCC2)Cc2ccc(F)cc2)c1. The molecule has 2 aromatic carbocycles. The fourth-order valence-corrected chi connectivity index (χ4v) is 3.73. The van der Waals surface area contributed by atoms with E-state index in [-0.39, 0.29) is 5.82 Å². The normalized spacial score (nSPS) is 14.6. The third-order valence-corrected chi connectivity index (χ3v) is 5.63. The number of aryl methyl sites for hydroxylation is 1. The summed E-state index contributed by atoms with van der Waals surface area (Å²) in [6, 6.07) is 12.4. The number of rotatable bonds is 7. The molecule has 0 atom stereocenters. The van der Waals surface area contributed by atoms with Crippen molar-refractivity contribution in [2.24, 2.45) is 0 Å². The van der Waals surface area contributed by atoms with Crippen LogP contribution in [0.2, 0.25) is 5.02 Å². The van der Waals surface area contributed by atoms with E-state index >= 15 is 0 Å². The molecule has 1 heterocycles. The van der Waals surface area contributed by atoms with Crippen molar-refractivity contribution in [1.29, 1.82) is 0 Å². The van der Waals surface area contributed by atoms with Gasteiger partial charge in [0, 0.05) is 32.7 Å². The van der Waals surface area contributed by atoms with Crippen LogP contribution in [0.15, 0.2) is 42.5 Å². The van der Waals surface area contributed by atoms with Crippen LogP contribution in [0, 0.1) is 12.7 Å². The van der Waals surface area contributed by atoms with Gasteiger partial charge in [0.1, 0.15) is 5.82 Å². The number of morpholine rings is 1. The first-order chi connectivity index (χ1) is 14.0. The average molecular weight is 436 g/mol. The minimum absolute atomic E-state index is 0.236. The van der Waals surface area contributed by atoms with Crippen LogP contribution in [0.4, 0.5) is 10.1 Å². The van der Waals surface area contributed by atoms with E-state index in [1.54, 1.807) is 12.1 Å². The molecule has 1 fully saturated rings. The number of hydrogen-bond donors (Lipinski definition) is 1. The molecule has 0 unspecified atom stereocenters. The zero-order valence-corrected chi connectivity index (χ0v) is 18.2. The maximum atomic E-state index is 13.3. The summed E-state index contributed by atoms with van der Waals surface area (Å²) < 4.78 is 18.7. The number of nitrogens with one attached hydrogen (secondary N) is 1. The lowest BCUT2D eigenvalue weighted by Crippen LogP contribution is -2.40. The number of thiocarbonyl (C=S) groups is 1. The van der Waals surface area contributed by atoms with Crippen molar-refractivity contribution >= 4 is 34.6 Å². The number of benzene rings is 2. The highest BCUT2D eigenvalue weighted by atomic mass is 35.5. The van der Waals surface area contributed by atoms with E-state index in [1.165, 1.54) is 12.1 Å². The van der Waals surface area contributed by atoms with Gasteiger partial charge >= 0.3 is 0 Å². The Kier molecular flexibility index (Phi) is 8.24. The van der Waals surface area contributed by atoms with Crippen LogP contribution in [0.3, 0.4) is 0 Å². The summed E-state index contributed by atoms with van der Waals surface area (Å²) >= 11 is 12.0. The Morgan fingerprint density at radius 2 is 1.93 bits per heavy atom.